The number of hydrogen-bond acceptors (Lipinski definition) is 2. The van der Waals surface area contributed by atoms with Gasteiger partial charge >= 0.3 is 13.1 Å². The summed E-state index contributed by atoms with van der Waals surface area (Å²) in [6.07, 6.45) is -0.689. The summed E-state index contributed by atoms with van der Waals surface area (Å²) < 4.78 is 40.0. The molecule has 1 rings (SSSR count). The minimum Gasteiger partial charge on any atom is -0.453 e. The van der Waals surface area contributed by atoms with Crippen LogP contribution in [-0.4, -0.2) is 38.2 Å². The SMILES string of the molecule is COC(=O)N1CC([B-](F)(F)F)C1. The molecule has 0 aromatic rings. The molecule has 1 aliphatic heterocycles. The molecule has 0 radical (unpaired) electrons. The fourth-order valence-electron chi connectivity index (χ4n) is 1.03. The smallest absolute Gasteiger partial charge is 0.453 e. The fourth-order valence-corrected chi connectivity index (χ4v) is 1.03. The number of halogens is 3. The van der Waals surface area contributed by atoms with E-state index in [1.165, 1.54) is 0 Å². The molecule has 1 fully saturated rings. The molecule has 1 aliphatic rings. The number of methoxy groups -OCH3 is 1. The van der Waals surface area contributed by atoms with E-state index < -0.39 is 18.9 Å². The standard InChI is InChI=1S/C5H8BF3NO2/c1-12-5(11)10-2-4(3-10)6(7,8)9/h4H,2-3H2,1H3/q-1. The molecule has 0 N–H and O–H groups in total. The van der Waals surface area contributed by atoms with Crippen molar-refractivity contribution >= 4 is 13.1 Å². The summed E-state index contributed by atoms with van der Waals surface area (Å²) in [6.45, 7) is -5.30. The second kappa shape index (κ2) is 2.87. The average Bonchev–Trinajstić information content (AvgIpc) is 1.80. The summed E-state index contributed by atoms with van der Waals surface area (Å²) in [4.78, 5) is 11.6. The predicted molar refractivity (Wildman–Crippen MR) is 36.8 cm³/mol. The van der Waals surface area contributed by atoms with Crippen molar-refractivity contribution in [2.24, 2.45) is 0 Å². The number of amides is 1. The number of ether oxygens (including phenoxy) is 1. The lowest BCUT2D eigenvalue weighted by Gasteiger charge is -2.43. The molecule has 3 nitrogen and oxygen atoms in total. The quantitative estimate of drug-likeness (QED) is 0.571. The predicted octanol–water partition coefficient (Wildman–Crippen LogP) is 1.29. The van der Waals surface area contributed by atoms with E-state index in [1.54, 1.807) is 0 Å². The van der Waals surface area contributed by atoms with E-state index in [2.05, 4.69) is 4.74 Å². The fraction of sp³-hybridized carbons (Fsp3) is 0.800. The topological polar surface area (TPSA) is 29.5 Å². The maximum Gasteiger partial charge on any atom is 0.484 e. The third-order valence-corrected chi connectivity index (χ3v) is 1.88. The van der Waals surface area contributed by atoms with Gasteiger partial charge in [-0.3, -0.25) is 0 Å². The number of likely N-dealkylation sites (tertiary alicyclic amines) is 1. The molecule has 1 amide bonds. The summed E-state index contributed by atoms with van der Waals surface area (Å²) >= 11 is 0. The summed E-state index contributed by atoms with van der Waals surface area (Å²) in [7, 11) is 1.15. The molecule has 0 atom stereocenters. The van der Waals surface area contributed by atoms with Gasteiger partial charge in [-0.15, -0.1) is 0 Å². The Morgan fingerprint density at radius 2 is 2.00 bits per heavy atom. The molecule has 1 heterocycles. The maximum absolute atomic E-state index is 11.9. The van der Waals surface area contributed by atoms with Crippen molar-refractivity contribution in [3.8, 4) is 0 Å². The van der Waals surface area contributed by atoms with E-state index in [0.717, 1.165) is 12.0 Å². The van der Waals surface area contributed by atoms with Crippen LogP contribution < -0.4 is 0 Å². The first kappa shape index (κ1) is 9.21. The van der Waals surface area contributed by atoms with Crippen LogP contribution in [0.25, 0.3) is 0 Å². The van der Waals surface area contributed by atoms with Crippen LogP contribution in [0.15, 0.2) is 0 Å². The molecule has 12 heavy (non-hydrogen) atoms. The monoisotopic (exact) mass is 182 g/mol. The summed E-state index contributed by atoms with van der Waals surface area (Å²) in [5.74, 6) is -1.32. The molecule has 0 aromatic heterocycles. The number of carbonyl (C=O) groups is 1. The third kappa shape index (κ3) is 1.65. The van der Waals surface area contributed by atoms with Gasteiger partial charge in [0.2, 0.25) is 0 Å². The van der Waals surface area contributed by atoms with Gasteiger partial charge in [0.25, 0.3) is 0 Å². The number of carbonyl (C=O) groups excluding carboxylic acids is 1. The van der Waals surface area contributed by atoms with E-state index >= 15 is 0 Å². The highest BCUT2D eigenvalue weighted by molar-refractivity contribution is 6.60. The zero-order valence-electron chi connectivity index (χ0n) is 6.47. The Balaban J connectivity index is 2.34. The second-order valence-electron chi connectivity index (χ2n) is 2.76. The van der Waals surface area contributed by atoms with Crippen molar-refractivity contribution in [1.29, 1.82) is 0 Å². The van der Waals surface area contributed by atoms with Crippen molar-refractivity contribution < 1.29 is 22.5 Å². The van der Waals surface area contributed by atoms with Gasteiger partial charge in [0.05, 0.1) is 7.11 Å². The second-order valence-corrected chi connectivity index (χ2v) is 2.76. The molecule has 1 saturated heterocycles. The van der Waals surface area contributed by atoms with Crippen LogP contribution in [0, 0.1) is 0 Å². The van der Waals surface area contributed by atoms with Crippen LogP contribution in [0.2, 0.25) is 5.82 Å². The number of nitrogens with zero attached hydrogens (tertiary/aromatic N) is 1. The molecule has 0 aliphatic carbocycles. The van der Waals surface area contributed by atoms with Crippen LogP contribution in [0.1, 0.15) is 0 Å². The maximum atomic E-state index is 11.9. The van der Waals surface area contributed by atoms with Crippen LogP contribution in [-0.2, 0) is 4.74 Å². The lowest BCUT2D eigenvalue weighted by molar-refractivity contribution is 0.0922. The number of rotatable bonds is 1. The third-order valence-electron chi connectivity index (χ3n) is 1.88. The Bertz CT molecular complexity index is 190. The van der Waals surface area contributed by atoms with Crippen LogP contribution in [0.3, 0.4) is 0 Å². The minimum absolute atomic E-state index is 0.254. The highest BCUT2D eigenvalue weighted by Gasteiger charge is 2.44. The Kier molecular flexibility index (Phi) is 2.21. The highest BCUT2D eigenvalue weighted by Crippen LogP contribution is 2.34. The van der Waals surface area contributed by atoms with Gasteiger partial charge in [0.1, 0.15) is 0 Å². The first-order chi connectivity index (χ1) is 5.45. The lowest BCUT2D eigenvalue weighted by atomic mass is 9.68. The Hall–Kier alpha value is -0.875. The van der Waals surface area contributed by atoms with Crippen molar-refractivity contribution in [3.63, 3.8) is 0 Å². The van der Waals surface area contributed by atoms with E-state index in [4.69, 9.17) is 0 Å². The molecular weight excluding hydrogens is 174 g/mol. The van der Waals surface area contributed by atoms with Crippen molar-refractivity contribution in [2.75, 3.05) is 20.2 Å². The zero-order chi connectivity index (χ0) is 9.35. The summed E-state index contributed by atoms with van der Waals surface area (Å²) in [5.41, 5.74) is 0. The van der Waals surface area contributed by atoms with Gasteiger partial charge in [-0.05, 0) is 5.82 Å². The van der Waals surface area contributed by atoms with Crippen molar-refractivity contribution in [3.05, 3.63) is 0 Å². The Morgan fingerprint density at radius 1 is 1.50 bits per heavy atom. The first-order valence-corrected chi connectivity index (χ1v) is 3.48. The molecule has 7 heteroatoms. The van der Waals surface area contributed by atoms with E-state index in [-0.39, 0.29) is 13.1 Å². The van der Waals surface area contributed by atoms with Gasteiger partial charge in [-0.1, -0.05) is 0 Å². The van der Waals surface area contributed by atoms with Gasteiger partial charge in [0.15, 0.2) is 0 Å². The Morgan fingerprint density at radius 3 is 2.33 bits per heavy atom. The van der Waals surface area contributed by atoms with Gasteiger partial charge in [-0.25, -0.2) is 4.79 Å². The minimum atomic E-state index is -4.79. The van der Waals surface area contributed by atoms with Crippen LogP contribution in [0.5, 0.6) is 0 Å². The lowest BCUT2D eigenvalue weighted by Crippen LogP contribution is -2.53. The molecule has 70 valence electrons. The Labute approximate surface area is 67.5 Å². The molecule has 0 saturated carbocycles. The first-order valence-electron chi connectivity index (χ1n) is 3.48. The molecule has 0 aromatic carbocycles. The molecular formula is C5H8BF3NO2-. The molecule has 0 spiro atoms. The summed E-state index contributed by atoms with van der Waals surface area (Å²) in [6, 6.07) is 0. The largest absolute Gasteiger partial charge is 0.484 e. The van der Waals surface area contributed by atoms with E-state index in [9.17, 15) is 17.7 Å². The zero-order valence-corrected chi connectivity index (χ0v) is 6.47. The normalized spacial score (nSPS) is 18.8. The van der Waals surface area contributed by atoms with E-state index in [1.807, 2.05) is 0 Å². The van der Waals surface area contributed by atoms with Crippen LogP contribution in [0.4, 0.5) is 17.7 Å². The van der Waals surface area contributed by atoms with Crippen LogP contribution >= 0.6 is 0 Å². The van der Waals surface area contributed by atoms with E-state index in [0.29, 0.717) is 0 Å². The van der Waals surface area contributed by atoms with Gasteiger partial charge in [-0.2, -0.15) is 0 Å². The average molecular weight is 182 g/mol. The van der Waals surface area contributed by atoms with Crippen molar-refractivity contribution in [1.82, 2.24) is 4.90 Å². The van der Waals surface area contributed by atoms with Gasteiger partial charge < -0.3 is 22.6 Å². The summed E-state index contributed by atoms with van der Waals surface area (Å²) in [5, 5.41) is 0. The number of hydrogen-bond donors (Lipinski definition) is 0. The van der Waals surface area contributed by atoms with Crippen molar-refractivity contribution in [2.45, 2.75) is 5.82 Å². The molecule has 0 bridgehead atoms. The van der Waals surface area contributed by atoms with Gasteiger partial charge in [0, 0.05) is 13.1 Å². The highest BCUT2D eigenvalue weighted by atomic mass is 19.4. The molecule has 0 unspecified atom stereocenters.